The highest BCUT2D eigenvalue weighted by Gasteiger charge is 2.35. The van der Waals surface area contributed by atoms with Crippen LogP contribution >= 0.6 is 0 Å². The molecule has 0 unspecified atom stereocenters. The van der Waals surface area contributed by atoms with E-state index in [0.29, 0.717) is 24.9 Å². The van der Waals surface area contributed by atoms with Crippen LogP contribution in [0.5, 0.6) is 0 Å². The van der Waals surface area contributed by atoms with E-state index in [1.54, 1.807) is 19.0 Å². The zero-order valence-corrected chi connectivity index (χ0v) is 17.1. The zero-order valence-electron chi connectivity index (χ0n) is 17.1. The van der Waals surface area contributed by atoms with Crippen molar-refractivity contribution >= 4 is 5.91 Å². The average molecular weight is 386 g/mol. The van der Waals surface area contributed by atoms with Gasteiger partial charge in [-0.1, -0.05) is 49.3 Å². The van der Waals surface area contributed by atoms with Crippen LogP contribution in [0.3, 0.4) is 0 Å². The van der Waals surface area contributed by atoms with E-state index in [1.165, 1.54) is 0 Å². The summed E-state index contributed by atoms with van der Waals surface area (Å²) in [6.45, 7) is 5.47. The first-order valence-corrected chi connectivity index (χ1v) is 9.90. The Balaban J connectivity index is 1.93. The lowest BCUT2D eigenvalue weighted by Gasteiger charge is -2.32. The maximum atomic E-state index is 13.0. The third-order valence-electron chi connectivity index (χ3n) is 5.14. The average Bonchev–Trinajstić information content (AvgIpc) is 3.20. The number of nitrogens with zero attached hydrogens (tertiary/aromatic N) is 3. The molecule has 0 aliphatic carbocycles. The molecule has 1 aromatic carbocycles. The minimum absolute atomic E-state index is 0.00754. The van der Waals surface area contributed by atoms with Gasteiger partial charge < -0.3 is 14.2 Å². The molecule has 28 heavy (non-hydrogen) atoms. The van der Waals surface area contributed by atoms with Crippen molar-refractivity contribution in [2.45, 2.75) is 44.7 Å². The number of likely N-dealkylation sites (N-methyl/N-ethyl adjacent to an activating group) is 1. The second-order valence-electron chi connectivity index (χ2n) is 7.82. The van der Waals surface area contributed by atoms with Gasteiger partial charge in [-0.15, -0.1) is 0 Å². The van der Waals surface area contributed by atoms with E-state index in [1.807, 2.05) is 44.2 Å². The summed E-state index contributed by atoms with van der Waals surface area (Å²) in [7, 11) is 3.54. The fourth-order valence-corrected chi connectivity index (χ4v) is 3.46. The Kier molecular flexibility index (Phi) is 6.80. The van der Waals surface area contributed by atoms with Gasteiger partial charge >= 0.3 is 0 Å². The van der Waals surface area contributed by atoms with Gasteiger partial charge in [0.05, 0.1) is 6.04 Å². The molecule has 152 valence electrons. The van der Waals surface area contributed by atoms with Gasteiger partial charge in [0.25, 0.3) is 0 Å². The second kappa shape index (κ2) is 9.30. The molecule has 2 atom stereocenters. The SMILES string of the molecule is CC(C)c1noc([C@H](N[C@@H](C(=O)N(C)C)c2ccccc2)C2CCOCC2)n1. The summed E-state index contributed by atoms with van der Waals surface area (Å²) in [5.41, 5.74) is 0.918. The number of amides is 1. The van der Waals surface area contributed by atoms with E-state index in [2.05, 4.69) is 15.5 Å². The summed E-state index contributed by atoms with van der Waals surface area (Å²) in [6, 6.07) is 9.07. The van der Waals surface area contributed by atoms with Crippen LogP contribution in [0.15, 0.2) is 34.9 Å². The highest BCUT2D eigenvalue weighted by molar-refractivity contribution is 5.82. The third kappa shape index (κ3) is 4.77. The molecule has 1 aromatic heterocycles. The highest BCUT2D eigenvalue weighted by Crippen LogP contribution is 2.32. The molecule has 7 heteroatoms. The van der Waals surface area contributed by atoms with Gasteiger partial charge in [0.15, 0.2) is 5.82 Å². The van der Waals surface area contributed by atoms with E-state index in [4.69, 9.17) is 9.26 Å². The molecule has 1 N–H and O–H groups in total. The first kappa shape index (κ1) is 20.5. The van der Waals surface area contributed by atoms with Crippen molar-refractivity contribution in [3.05, 3.63) is 47.6 Å². The van der Waals surface area contributed by atoms with Crippen LogP contribution in [-0.2, 0) is 9.53 Å². The third-order valence-corrected chi connectivity index (χ3v) is 5.14. The molecule has 2 aromatic rings. The lowest BCUT2D eigenvalue weighted by atomic mass is 9.90. The Morgan fingerprint density at radius 2 is 1.86 bits per heavy atom. The van der Waals surface area contributed by atoms with Gasteiger partial charge in [0.1, 0.15) is 6.04 Å². The van der Waals surface area contributed by atoms with Gasteiger partial charge in [-0.25, -0.2) is 0 Å². The van der Waals surface area contributed by atoms with Crippen LogP contribution in [0, 0.1) is 5.92 Å². The Bertz CT molecular complexity index is 754. The van der Waals surface area contributed by atoms with E-state index < -0.39 is 6.04 Å². The minimum atomic E-state index is -0.488. The van der Waals surface area contributed by atoms with Gasteiger partial charge in [-0.2, -0.15) is 4.98 Å². The van der Waals surface area contributed by atoms with Crippen molar-refractivity contribution in [1.29, 1.82) is 0 Å². The predicted molar refractivity (Wildman–Crippen MR) is 106 cm³/mol. The molecule has 1 aliphatic heterocycles. The lowest BCUT2D eigenvalue weighted by molar-refractivity contribution is -0.131. The van der Waals surface area contributed by atoms with Crippen LogP contribution in [0.2, 0.25) is 0 Å². The van der Waals surface area contributed by atoms with Gasteiger partial charge in [-0.3, -0.25) is 10.1 Å². The number of nitrogens with one attached hydrogen (secondary N) is 1. The van der Waals surface area contributed by atoms with Gasteiger partial charge in [-0.05, 0) is 24.3 Å². The molecule has 1 fully saturated rings. The number of rotatable bonds is 7. The van der Waals surface area contributed by atoms with Gasteiger partial charge in [0.2, 0.25) is 11.8 Å². The van der Waals surface area contributed by atoms with Crippen molar-refractivity contribution in [3.63, 3.8) is 0 Å². The number of benzene rings is 1. The molecule has 0 bridgehead atoms. The molecular formula is C21H30N4O3. The molecule has 0 spiro atoms. The summed E-state index contributed by atoms with van der Waals surface area (Å²) in [5.74, 6) is 1.66. The van der Waals surface area contributed by atoms with Crippen LogP contribution in [0.4, 0.5) is 0 Å². The number of hydrogen-bond acceptors (Lipinski definition) is 6. The molecule has 1 saturated heterocycles. The Morgan fingerprint density at radius 1 is 1.18 bits per heavy atom. The molecule has 2 heterocycles. The van der Waals surface area contributed by atoms with Crippen molar-refractivity contribution in [2.75, 3.05) is 27.3 Å². The molecule has 1 amide bonds. The monoisotopic (exact) mass is 386 g/mol. The van der Waals surface area contributed by atoms with E-state index in [9.17, 15) is 4.79 Å². The second-order valence-corrected chi connectivity index (χ2v) is 7.82. The van der Waals surface area contributed by atoms with Crippen LogP contribution in [0.1, 0.15) is 62.0 Å². The van der Waals surface area contributed by atoms with Crippen molar-refractivity contribution < 1.29 is 14.1 Å². The fourth-order valence-electron chi connectivity index (χ4n) is 3.46. The summed E-state index contributed by atoms with van der Waals surface area (Å²) in [6.07, 6.45) is 1.77. The standard InChI is InChI=1S/C21H30N4O3/c1-14(2)19-23-20(28-24-19)17(16-10-12-27-13-11-16)22-18(21(26)25(3)4)15-8-6-5-7-9-15/h5-9,14,16-18,22H,10-13H2,1-4H3/t17-,18-/m1/s1. The first-order chi connectivity index (χ1) is 13.5. The minimum Gasteiger partial charge on any atom is -0.381 e. The van der Waals surface area contributed by atoms with Crippen molar-refractivity contribution in [1.82, 2.24) is 20.4 Å². The topological polar surface area (TPSA) is 80.5 Å². The van der Waals surface area contributed by atoms with Crippen LogP contribution in [0.25, 0.3) is 0 Å². The van der Waals surface area contributed by atoms with E-state index in [0.717, 1.165) is 18.4 Å². The van der Waals surface area contributed by atoms with Gasteiger partial charge in [0, 0.05) is 33.2 Å². The molecule has 7 nitrogen and oxygen atoms in total. The fraction of sp³-hybridized carbons (Fsp3) is 0.571. The molecule has 1 aliphatic rings. The first-order valence-electron chi connectivity index (χ1n) is 9.90. The summed E-state index contributed by atoms with van der Waals surface area (Å²) in [4.78, 5) is 19.2. The smallest absolute Gasteiger partial charge is 0.244 e. The number of aromatic nitrogens is 2. The number of hydrogen-bond donors (Lipinski definition) is 1. The van der Waals surface area contributed by atoms with E-state index >= 15 is 0 Å². The maximum Gasteiger partial charge on any atom is 0.244 e. The zero-order chi connectivity index (χ0) is 20.1. The maximum absolute atomic E-state index is 13.0. The van der Waals surface area contributed by atoms with Crippen molar-refractivity contribution in [3.8, 4) is 0 Å². The molecule has 3 rings (SSSR count). The van der Waals surface area contributed by atoms with Crippen molar-refractivity contribution in [2.24, 2.45) is 5.92 Å². The highest BCUT2D eigenvalue weighted by atomic mass is 16.5. The largest absolute Gasteiger partial charge is 0.381 e. The quantitative estimate of drug-likeness (QED) is 0.788. The predicted octanol–water partition coefficient (Wildman–Crippen LogP) is 3.08. The summed E-state index contributed by atoms with van der Waals surface area (Å²) in [5, 5.41) is 7.69. The van der Waals surface area contributed by atoms with Crippen LogP contribution in [-0.4, -0.2) is 48.3 Å². The molecule has 0 saturated carbocycles. The Morgan fingerprint density at radius 3 is 2.43 bits per heavy atom. The Labute approximate surface area is 166 Å². The molecule has 0 radical (unpaired) electrons. The lowest BCUT2D eigenvalue weighted by Crippen LogP contribution is -2.42. The number of carbonyl (C=O) groups excluding carboxylic acids is 1. The van der Waals surface area contributed by atoms with Crippen LogP contribution < -0.4 is 5.32 Å². The summed E-state index contributed by atoms with van der Waals surface area (Å²) < 4.78 is 11.2. The molecular weight excluding hydrogens is 356 g/mol. The normalized spacial score (nSPS) is 17.5. The van der Waals surface area contributed by atoms with E-state index in [-0.39, 0.29) is 23.8 Å². The Hall–Kier alpha value is -2.25. The number of ether oxygens (including phenoxy) is 1. The number of carbonyl (C=O) groups is 1. The summed E-state index contributed by atoms with van der Waals surface area (Å²) >= 11 is 0.